The molecule has 0 saturated heterocycles. The van der Waals surface area contributed by atoms with Gasteiger partial charge in [0, 0.05) is 22.2 Å². The molecule has 36 heavy (non-hydrogen) atoms. The Morgan fingerprint density at radius 2 is 1.78 bits per heavy atom. The maximum absolute atomic E-state index is 12.6. The zero-order valence-corrected chi connectivity index (χ0v) is 20.8. The molecular formula is C25H23ClN4O5S. The SMILES string of the molecule is CS(=O)(=O)Oc1ccc(C(=O)Nc2cc(N)n(Cc3cc(Cl)ccc3OCc3ccccc3)n2)cc1. The van der Waals surface area contributed by atoms with Gasteiger partial charge in [-0.15, -0.1) is 0 Å². The fraction of sp³-hybridized carbons (Fsp3) is 0.120. The van der Waals surface area contributed by atoms with Crippen LogP contribution in [-0.2, 0) is 23.3 Å². The number of benzene rings is 3. The van der Waals surface area contributed by atoms with Crippen LogP contribution in [0.3, 0.4) is 0 Å². The number of halogens is 1. The molecule has 0 unspecified atom stereocenters. The van der Waals surface area contributed by atoms with Crippen LogP contribution in [0.15, 0.2) is 78.9 Å². The molecule has 4 rings (SSSR count). The standard InChI is InChI=1S/C25H23ClN4O5S/c1-36(32,33)35-21-10-7-18(8-11-21)25(31)28-24-14-23(27)30(29-24)15-19-13-20(26)9-12-22(19)34-16-17-5-3-2-4-6-17/h2-14H,15-16,27H2,1H3,(H,28,29,31). The molecule has 1 heterocycles. The molecule has 0 radical (unpaired) electrons. The number of carbonyl (C=O) groups is 1. The van der Waals surface area contributed by atoms with Crippen LogP contribution < -0.4 is 20.0 Å². The van der Waals surface area contributed by atoms with Crippen molar-refractivity contribution in [1.29, 1.82) is 0 Å². The lowest BCUT2D eigenvalue weighted by Gasteiger charge is -2.13. The minimum absolute atomic E-state index is 0.106. The Hall–Kier alpha value is -4.02. The Balaban J connectivity index is 1.45. The Labute approximate surface area is 213 Å². The van der Waals surface area contributed by atoms with Crippen molar-refractivity contribution in [2.24, 2.45) is 0 Å². The van der Waals surface area contributed by atoms with E-state index in [0.29, 0.717) is 23.2 Å². The molecule has 0 bridgehead atoms. The average Bonchev–Trinajstić information content (AvgIpc) is 3.17. The maximum atomic E-state index is 12.6. The van der Waals surface area contributed by atoms with Crippen molar-refractivity contribution in [1.82, 2.24) is 9.78 Å². The second kappa shape index (κ2) is 10.7. The van der Waals surface area contributed by atoms with Crippen LogP contribution in [0, 0.1) is 0 Å². The highest BCUT2D eigenvalue weighted by atomic mass is 35.5. The van der Waals surface area contributed by atoms with Crippen molar-refractivity contribution in [3.05, 3.63) is 101 Å². The molecule has 186 valence electrons. The molecule has 0 aliphatic carbocycles. The fourth-order valence-electron chi connectivity index (χ4n) is 3.35. The number of aromatic nitrogens is 2. The molecule has 0 spiro atoms. The summed E-state index contributed by atoms with van der Waals surface area (Å²) in [6, 6.07) is 22.3. The lowest BCUT2D eigenvalue weighted by atomic mass is 10.2. The number of nitrogens with two attached hydrogens (primary N) is 1. The molecule has 0 atom stereocenters. The van der Waals surface area contributed by atoms with Gasteiger partial charge in [-0.2, -0.15) is 13.5 Å². The molecule has 3 N–H and O–H groups in total. The summed E-state index contributed by atoms with van der Waals surface area (Å²) in [7, 11) is -3.65. The second-order valence-electron chi connectivity index (χ2n) is 7.90. The van der Waals surface area contributed by atoms with Gasteiger partial charge in [-0.05, 0) is 48.0 Å². The number of ether oxygens (including phenoxy) is 1. The van der Waals surface area contributed by atoms with E-state index in [2.05, 4.69) is 10.4 Å². The van der Waals surface area contributed by atoms with E-state index in [4.69, 9.17) is 26.3 Å². The quantitative estimate of drug-likeness (QED) is 0.311. The Morgan fingerprint density at radius 1 is 1.06 bits per heavy atom. The Kier molecular flexibility index (Phi) is 7.47. The number of anilines is 2. The highest BCUT2D eigenvalue weighted by Gasteiger charge is 2.14. The van der Waals surface area contributed by atoms with Crippen LogP contribution in [0.1, 0.15) is 21.5 Å². The normalized spacial score (nSPS) is 11.2. The summed E-state index contributed by atoms with van der Waals surface area (Å²) in [5.74, 6) is 0.883. The van der Waals surface area contributed by atoms with Crippen LogP contribution in [0.4, 0.5) is 11.6 Å². The first-order valence-electron chi connectivity index (χ1n) is 10.8. The summed E-state index contributed by atoms with van der Waals surface area (Å²) >= 11 is 6.21. The number of nitrogens with one attached hydrogen (secondary N) is 1. The summed E-state index contributed by atoms with van der Waals surface area (Å²) < 4.78 is 34.8. The summed E-state index contributed by atoms with van der Waals surface area (Å²) in [5, 5.41) is 7.60. The van der Waals surface area contributed by atoms with E-state index >= 15 is 0 Å². The predicted molar refractivity (Wildman–Crippen MR) is 138 cm³/mol. The van der Waals surface area contributed by atoms with E-state index in [0.717, 1.165) is 17.4 Å². The van der Waals surface area contributed by atoms with Gasteiger partial charge in [0.05, 0.1) is 12.8 Å². The van der Waals surface area contributed by atoms with Crippen molar-refractivity contribution in [2.45, 2.75) is 13.2 Å². The first kappa shape index (κ1) is 25.1. The molecule has 4 aromatic rings. The highest BCUT2D eigenvalue weighted by molar-refractivity contribution is 7.86. The number of rotatable bonds is 9. The topological polar surface area (TPSA) is 126 Å². The van der Waals surface area contributed by atoms with E-state index in [1.165, 1.54) is 35.0 Å². The largest absolute Gasteiger partial charge is 0.489 e. The lowest BCUT2D eigenvalue weighted by Crippen LogP contribution is -2.13. The van der Waals surface area contributed by atoms with E-state index in [9.17, 15) is 13.2 Å². The Bertz CT molecular complexity index is 1470. The second-order valence-corrected chi connectivity index (χ2v) is 9.92. The molecule has 0 aliphatic rings. The predicted octanol–water partition coefficient (Wildman–Crippen LogP) is 4.34. The van der Waals surface area contributed by atoms with Gasteiger partial charge in [0.1, 0.15) is 23.9 Å². The summed E-state index contributed by atoms with van der Waals surface area (Å²) in [6.07, 6.45) is 0.941. The van der Waals surface area contributed by atoms with Crippen LogP contribution in [0.5, 0.6) is 11.5 Å². The number of carbonyl (C=O) groups excluding carboxylic acids is 1. The highest BCUT2D eigenvalue weighted by Crippen LogP contribution is 2.26. The Morgan fingerprint density at radius 3 is 2.47 bits per heavy atom. The van der Waals surface area contributed by atoms with Crippen LogP contribution in [0.2, 0.25) is 5.02 Å². The number of nitrogen functional groups attached to an aromatic ring is 1. The minimum Gasteiger partial charge on any atom is -0.489 e. The monoisotopic (exact) mass is 526 g/mol. The summed E-state index contributed by atoms with van der Waals surface area (Å²) in [4.78, 5) is 12.6. The van der Waals surface area contributed by atoms with Crippen molar-refractivity contribution in [3.63, 3.8) is 0 Å². The van der Waals surface area contributed by atoms with Gasteiger partial charge in [-0.1, -0.05) is 41.9 Å². The fourth-order valence-corrected chi connectivity index (χ4v) is 4.01. The van der Waals surface area contributed by atoms with Crippen LogP contribution in [0.25, 0.3) is 0 Å². The van der Waals surface area contributed by atoms with Crippen LogP contribution >= 0.6 is 11.6 Å². The number of hydrogen-bond acceptors (Lipinski definition) is 7. The molecule has 1 amide bonds. The van der Waals surface area contributed by atoms with Crippen molar-refractivity contribution in [3.8, 4) is 11.5 Å². The van der Waals surface area contributed by atoms with Crippen molar-refractivity contribution >= 4 is 39.3 Å². The third kappa shape index (κ3) is 6.77. The van der Waals surface area contributed by atoms with Gasteiger partial charge in [0.2, 0.25) is 0 Å². The van der Waals surface area contributed by atoms with Gasteiger partial charge in [-0.3, -0.25) is 4.79 Å². The molecule has 1 aromatic heterocycles. The molecular weight excluding hydrogens is 504 g/mol. The number of amides is 1. The number of hydrogen-bond donors (Lipinski definition) is 2. The maximum Gasteiger partial charge on any atom is 0.306 e. The molecule has 0 fully saturated rings. The molecule has 3 aromatic carbocycles. The van der Waals surface area contributed by atoms with Gasteiger partial charge in [0.15, 0.2) is 5.82 Å². The minimum atomic E-state index is -3.65. The molecule has 9 nitrogen and oxygen atoms in total. The molecule has 0 aliphatic heterocycles. The van der Waals surface area contributed by atoms with Gasteiger partial charge in [-0.25, -0.2) is 4.68 Å². The van der Waals surface area contributed by atoms with E-state index in [1.807, 2.05) is 30.3 Å². The van der Waals surface area contributed by atoms with E-state index < -0.39 is 16.0 Å². The van der Waals surface area contributed by atoms with Gasteiger partial charge < -0.3 is 20.0 Å². The van der Waals surface area contributed by atoms with E-state index in [-0.39, 0.29) is 23.7 Å². The third-order valence-electron chi connectivity index (χ3n) is 5.00. The first-order chi connectivity index (χ1) is 17.2. The molecule has 0 saturated carbocycles. The van der Waals surface area contributed by atoms with Gasteiger partial charge in [0.25, 0.3) is 5.91 Å². The van der Waals surface area contributed by atoms with Crippen molar-refractivity contribution < 1.29 is 22.1 Å². The summed E-state index contributed by atoms with van der Waals surface area (Å²) in [6.45, 7) is 0.656. The third-order valence-corrected chi connectivity index (χ3v) is 5.73. The zero-order valence-electron chi connectivity index (χ0n) is 19.2. The first-order valence-corrected chi connectivity index (χ1v) is 12.9. The lowest BCUT2D eigenvalue weighted by molar-refractivity contribution is 0.102. The van der Waals surface area contributed by atoms with Crippen molar-refractivity contribution in [2.75, 3.05) is 17.3 Å². The van der Waals surface area contributed by atoms with E-state index in [1.54, 1.807) is 18.2 Å². The van der Waals surface area contributed by atoms with Crippen LogP contribution in [-0.4, -0.2) is 30.4 Å². The summed E-state index contributed by atoms with van der Waals surface area (Å²) in [5.41, 5.74) is 8.22. The average molecular weight is 527 g/mol. The van der Waals surface area contributed by atoms with Gasteiger partial charge >= 0.3 is 10.1 Å². The number of nitrogens with zero attached hydrogens (tertiary/aromatic N) is 2. The smallest absolute Gasteiger partial charge is 0.306 e. The molecule has 11 heteroatoms. The zero-order chi connectivity index (χ0) is 25.7.